The van der Waals surface area contributed by atoms with Crippen molar-refractivity contribution in [2.75, 3.05) is 0 Å². The number of rotatable bonds is 3. The van der Waals surface area contributed by atoms with E-state index in [1.54, 1.807) is 0 Å². The largest absolute Gasteiger partial charge is 0.309 e. The lowest BCUT2D eigenvalue weighted by Gasteiger charge is -2.13. The molecule has 0 radical (unpaired) electrons. The third-order valence-corrected chi connectivity index (χ3v) is 12.7. The second-order valence-electron chi connectivity index (χ2n) is 15.7. The van der Waals surface area contributed by atoms with Gasteiger partial charge in [0.25, 0.3) is 0 Å². The molecule has 0 saturated heterocycles. The molecule has 0 saturated carbocycles. The Morgan fingerprint density at radius 3 is 1.80 bits per heavy atom. The topological polar surface area (TPSA) is 40.0 Å². The first-order chi connectivity index (χ1) is 29.3. The highest BCUT2D eigenvalue weighted by molar-refractivity contribution is 6.36. The van der Waals surface area contributed by atoms with Gasteiger partial charge in [-0.25, -0.2) is 9.97 Å². The van der Waals surface area contributed by atoms with E-state index in [1.807, 2.05) is 0 Å². The third-order valence-electron chi connectivity index (χ3n) is 12.7. The first kappa shape index (κ1) is 31.1. The van der Waals surface area contributed by atoms with Gasteiger partial charge in [-0.3, -0.25) is 4.57 Å². The van der Waals surface area contributed by atoms with E-state index in [2.05, 4.69) is 202 Å². The van der Waals surface area contributed by atoms with E-state index < -0.39 is 0 Å². The van der Waals surface area contributed by atoms with Crippen LogP contribution in [0.2, 0.25) is 0 Å². The van der Waals surface area contributed by atoms with Gasteiger partial charge in [-0.05, 0) is 53.9 Å². The minimum absolute atomic E-state index is 0.654. The summed E-state index contributed by atoms with van der Waals surface area (Å²) >= 11 is 0. The van der Waals surface area contributed by atoms with E-state index in [9.17, 15) is 0 Å². The second-order valence-corrected chi connectivity index (χ2v) is 15.7. The van der Waals surface area contributed by atoms with Crippen LogP contribution in [0.5, 0.6) is 0 Å². The molecule has 0 atom stereocenters. The lowest BCUT2D eigenvalue weighted by atomic mass is 10.0. The molecule has 272 valence electrons. The van der Waals surface area contributed by atoms with Crippen molar-refractivity contribution in [1.82, 2.24) is 23.5 Å². The van der Waals surface area contributed by atoms with E-state index in [-0.39, 0.29) is 0 Å². The summed E-state index contributed by atoms with van der Waals surface area (Å²) in [5, 5.41) is 13.2. The summed E-state index contributed by atoms with van der Waals surface area (Å²) in [6, 6.07) is 67.9. The fourth-order valence-electron chi connectivity index (χ4n) is 10.4. The molecule has 0 aliphatic rings. The number of aromatic nitrogens is 5. The van der Waals surface area contributed by atoms with Crippen LogP contribution in [-0.4, -0.2) is 23.5 Å². The zero-order valence-corrected chi connectivity index (χ0v) is 31.6. The van der Waals surface area contributed by atoms with Crippen molar-refractivity contribution in [1.29, 1.82) is 0 Å². The van der Waals surface area contributed by atoms with Crippen molar-refractivity contribution in [3.8, 4) is 22.9 Å². The third kappa shape index (κ3) is 3.98. The molecule has 0 aliphatic carbocycles. The van der Waals surface area contributed by atoms with Crippen molar-refractivity contribution in [3.05, 3.63) is 188 Å². The van der Waals surface area contributed by atoms with E-state index in [4.69, 9.17) is 9.97 Å². The fraction of sp³-hybridized carbons (Fsp3) is 0. The highest BCUT2D eigenvalue weighted by Crippen LogP contribution is 2.48. The van der Waals surface area contributed by atoms with Crippen molar-refractivity contribution < 1.29 is 0 Å². The number of nitrogens with zero attached hydrogens (tertiary/aromatic N) is 5. The van der Waals surface area contributed by atoms with E-state index in [0.717, 1.165) is 49.9 Å². The van der Waals surface area contributed by atoms with Crippen LogP contribution in [0.1, 0.15) is 0 Å². The number of benzene rings is 9. The lowest BCUT2D eigenvalue weighted by molar-refractivity contribution is 1.02. The molecule has 9 aromatic carbocycles. The maximum atomic E-state index is 5.71. The summed E-state index contributed by atoms with van der Waals surface area (Å²) in [6.07, 6.45) is 0. The zero-order chi connectivity index (χ0) is 38.3. The van der Waals surface area contributed by atoms with Crippen molar-refractivity contribution in [2.45, 2.75) is 0 Å². The van der Waals surface area contributed by atoms with Crippen LogP contribution >= 0.6 is 0 Å². The minimum atomic E-state index is 0.654. The summed E-state index contributed by atoms with van der Waals surface area (Å²) in [6.45, 7) is 0. The summed E-state index contributed by atoms with van der Waals surface area (Å²) < 4.78 is 7.22. The SMILES string of the molecule is c1ccc(-n2c3ccccc3c3c(-c4nc(-n5c6ccccc6c6cc7c8ccccc8n8c9c%10ccccc%10ccc9c(c65)c78)nc5ccccc45)cccc32)cc1. The molecule has 0 aliphatic heterocycles. The molecular weight excluding hydrogens is 719 g/mol. The van der Waals surface area contributed by atoms with Gasteiger partial charge in [0.15, 0.2) is 0 Å². The molecule has 0 fully saturated rings. The number of para-hydroxylation sites is 5. The Hall–Kier alpha value is -8.02. The van der Waals surface area contributed by atoms with E-state index in [0.29, 0.717) is 5.95 Å². The molecule has 0 unspecified atom stereocenters. The molecule has 14 aromatic rings. The molecule has 0 N–H and O–H groups in total. The van der Waals surface area contributed by atoms with Crippen LogP contribution in [0.15, 0.2) is 188 Å². The summed E-state index contributed by atoms with van der Waals surface area (Å²) in [5.41, 5.74) is 12.2. The first-order valence-corrected chi connectivity index (χ1v) is 20.2. The predicted octanol–water partition coefficient (Wildman–Crippen LogP) is 13.8. The molecule has 0 spiro atoms. The molecule has 14 rings (SSSR count). The highest BCUT2D eigenvalue weighted by atomic mass is 15.2. The average molecular weight is 750 g/mol. The second kappa shape index (κ2) is 11.3. The Morgan fingerprint density at radius 1 is 0.339 bits per heavy atom. The average Bonchev–Trinajstić information content (AvgIpc) is 4.03. The first-order valence-electron chi connectivity index (χ1n) is 20.2. The fourth-order valence-corrected chi connectivity index (χ4v) is 10.4. The molecule has 0 amide bonds. The van der Waals surface area contributed by atoms with Crippen LogP contribution < -0.4 is 0 Å². The molecule has 5 heterocycles. The molecule has 5 heteroatoms. The standard InChI is InChI=1S/C54H31N5/c1-2-16-33(17-3-1)57-46-27-13-9-22-38(46)48-39(23-14-28-47(48)57)50-37-21-6-10-24-43(37)55-54(56-50)59-45-26-12-8-20-36(45)42-31-41-35-19-7-11-25-44(35)58-51-34-18-5-4-15-32(34)29-30-40(51)49(52(41)58)53(42)59/h1-31H. The van der Waals surface area contributed by atoms with Gasteiger partial charge in [-0.2, -0.15) is 0 Å². The van der Waals surface area contributed by atoms with Crippen LogP contribution in [-0.2, 0) is 0 Å². The Labute approximate surface area is 336 Å². The Balaban J connectivity index is 1.16. The van der Waals surface area contributed by atoms with Gasteiger partial charge in [-0.1, -0.05) is 140 Å². The smallest absolute Gasteiger partial charge is 0.235 e. The molecule has 5 aromatic heterocycles. The van der Waals surface area contributed by atoms with Gasteiger partial charge in [0.2, 0.25) is 5.95 Å². The number of hydrogen-bond acceptors (Lipinski definition) is 2. The quantitative estimate of drug-likeness (QED) is 0.180. The summed E-state index contributed by atoms with van der Waals surface area (Å²) in [4.78, 5) is 11.2. The number of hydrogen-bond donors (Lipinski definition) is 0. The highest BCUT2D eigenvalue weighted by Gasteiger charge is 2.27. The molecular formula is C54H31N5. The Morgan fingerprint density at radius 2 is 0.966 bits per heavy atom. The van der Waals surface area contributed by atoms with Gasteiger partial charge in [0.05, 0.1) is 49.8 Å². The van der Waals surface area contributed by atoms with E-state index in [1.165, 1.54) is 70.4 Å². The predicted molar refractivity (Wildman–Crippen MR) is 246 cm³/mol. The Kier molecular flexibility index (Phi) is 5.96. The molecule has 59 heavy (non-hydrogen) atoms. The van der Waals surface area contributed by atoms with Gasteiger partial charge in [0.1, 0.15) is 0 Å². The van der Waals surface area contributed by atoms with Crippen molar-refractivity contribution in [2.24, 2.45) is 0 Å². The van der Waals surface area contributed by atoms with E-state index >= 15 is 0 Å². The van der Waals surface area contributed by atoms with Crippen LogP contribution in [0.25, 0.3) is 126 Å². The minimum Gasteiger partial charge on any atom is -0.309 e. The lowest BCUT2D eigenvalue weighted by Crippen LogP contribution is -2.04. The monoisotopic (exact) mass is 749 g/mol. The number of fused-ring (bicyclic) bond motifs is 16. The normalized spacial score (nSPS) is 12.4. The van der Waals surface area contributed by atoms with Gasteiger partial charge in [-0.15, -0.1) is 0 Å². The van der Waals surface area contributed by atoms with Gasteiger partial charge in [0, 0.05) is 65.1 Å². The van der Waals surface area contributed by atoms with Crippen molar-refractivity contribution >= 4 is 103 Å². The molecule has 0 bridgehead atoms. The van der Waals surface area contributed by atoms with Gasteiger partial charge >= 0.3 is 0 Å². The van der Waals surface area contributed by atoms with Gasteiger partial charge < -0.3 is 8.97 Å². The Bertz CT molecular complexity index is 4070. The maximum Gasteiger partial charge on any atom is 0.235 e. The molecule has 5 nitrogen and oxygen atoms in total. The summed E-state index contributed by atoms with van der Waals surface area (Å²) in [5.74, 6) is 0.654. The van der Waals surface area contributed by atoms with Crippen LogP contribution in [0.3, 0.4) is 0 Å². The zero-order valence-electron chi connectivity index (χ0n) is 31.6. The van der Waals surface area contributed by atoms with Crippen molar-refractivity contribution in [3.63, 3.8) is 0 Å². The maximum absolute atomic E-state index is 5.71. The summed E-state index contributed by atoms with van der Waals surface area (Å²) in [7, 11) is 0. The van der Waals surface area contributed by atoms with Crippen LogP contribution in [0, 0.1) is 0 Å². The van der Waals surface area contributed by atoms with Crippen LogP contribution in [0.4, 0.5) is 0 Å².